The molecule has 6 nitrogen and oxygen atoms in total. The summed E-state index contributed by atoms with van der Waals surface area (Å²) in [7, 11) is 0. The Hall–Kier alpha value is -3.01. The highest BCUT2D eigenvalue weighted by Gasteiger charge is 2.62. The minimum atomic E-state index is -4.64. The monoisotopic (exact) mass is 422 g/mol. The van der Waals surface area contributed by atoms with Crippen molar-refractivity contribution in [3.05, 3.63) is 59.7 Å². The van der Waals surface area contributed by atoms with Gasteiger partial charge in [-0.3, -0.25) is 19.3 Å². The third kappa shape index (κ3) is 2.94. The minimum Gasteiger partial charge on any atom is -0.481 e. The van der Waals surface area contributed by atoms with Crippen LogP contribution >= 0.6 is 11.8 Å². The molecule has 0 aliphatic carbocycles. The topological polar surface area (TPSA) is 86.7 Å². The zero-order valence-corrected chi connectivity index (χ0v) is 15.4. The highest BCUT2D eigenvalue weighted by Crippen LogP contribution is 2.56. The Kier molecular flexibility index (Phi) is 4.34. The van der Waals surface area contributed by atoms with E-state index in [-0.39, 0.29) is 5.69 Å². The zero-order valence-electron chi connectivity index (χ0n) is 14.6. The van der Waals surface area contributed by atoms with E-state index in [9.17, 15) is 27.6 Å². The number of rotatable bonds is 3. The first-order valence-corrected chi connectivity index (χ1v) is 9.34. The number of aliphatic carboxylic acids is 1. The van der Waals surface area contributed by atoms with Crippen LogP contribution in [0.15, 0.2) is 48.5 Å². The number of nitrogens with zero attached hydrogens (tertiary/aromatic N) is 1. The van der Waals surface area contributed by atoms with Gasteiger partial charge >= 0.3 is 12.1 Å². The van der Waals surface area contributed by atoms with Gasteiger partial charge in [-0.05, 0) is 24.3 Å². The lowest BCUT2D eigenvalue weighted by molar-refractivity contribution is -0.138. The second kappa shape index (κ2) is 6.51. The third-order valence-corrected chi connectivity index (χ3v) is 6.35. The van der Waals surface area contributed by atoms with Crippen molar-refractivity contribution in [3.8, 4) is 0 Å². The first kappa shape index (κ1) is 19.3. The Morgan fingerprint density at radius 1 is 1.17 bits per heavy atom. The van der Waals surface area contributed by atoms with E-state index in [0.29, 0.717) is 11.3 Å². The first-order valence-electron chi connectivity index (χ1n) is 8.46. The maximum absolute atomic E-state index is 13.2. The molecule has 0 radical (unpaired) electrons. The van der Waals surface area contributed by atoms with Gasteiger partial charge < -0.3 is 10.4 Å². The largest absolute Gasteiger partial charge is 0.481 e. The van der Waals surface area contributed by atoms with Crippen LogP contribution in [0.2, 0.25) is 0 Å². The number of carboxylic acid groups (broad SMARTS) is 1. The second-order valence-corrected chi connectivity index (χ2v) is 7.97. The van der Waals surface area contributed by atoms with Crippen molar-refractivity contribution in [2.45, 2.75) is 22.7 Å². The number of carbonyl (C=O) groups excluding carboxylic acids is 2. The number of carbonyl (C=O) groups is 3. The molecule has 0 aromatic heterocycles. The molecule has 4 rings (SSSR count). The number of benzene rings is 2. The van der Waals surface area contributed by atoms with Crippen molar-refractivity contribution in [1.82, 2.24) is 0 Å². The maximum Gasteiger partial charge on any atom is 0.416 e. The van der Waals surface area contributed by atoms with E-state index in [4.69, 9.17) is 5.11 Å². The van der Waals surface area contributed by atoms with E-state index >= 15 is 0 Å². The average molecular weight is 422 g/mol. The van der Waals surface area contributed by atoms with E-state index in [1.807, 2.05) is 0 Å². The molecule has 150 valence electrons. The molecule has 29 heavy (non-hydrogen) atoms. The molecule has 2 aliphatic heterocycles. The van der Waals surface area contributed by atoms with E-state index in [1.165, 1.54) is 6.07 Å². The Morgan fingerprint density at radius 3 is 2.59 bits per heavy atom. The number of nitrogens with one attached hydrogen (secondary N) is 1. The number of alkyl halides is 3. The van der Waals surface area contributed by atoms with Crippen molar-refractivity contribution < 1.29 is 32.7 Å². The van der Waals surface area contributed by atoms with Gasteiger partial charge in [0, 0.05) is 16.9 Å². The summed E-state index contributed by atoms with van der Waals surface area (Å²) in [6.07, 6.45) is -5.20. The second-order valence-electron chi connectivity index (χ2n) is 6.57. The summed E-state index contributed by atoms with van der Waals surface area (Å²) in [6, 6.07) is 10.6. The molecule has 2 aromatic rings. The van der Waals surface area contributed by atoms with Gasteiger partial charge in [-0.15, -0.1) is 11.8 Å². The van der Waals surface area contributed by atoms with Gasteiger partial charge in [0.2, 0.25) is 10.8 Å². The van der Waals surface area contributed by atoms with Crippen LogP contribution in [0.25, 0.3) is 0 Å². The van der Waals surface area contributed by atoms with Crippen LogP contribution in [-0.4, -0.2) is 28.1 Å². The van der Waals surface area contributed by atoms with Gasteiger partial charge in [0.25, 0.3) is 5.91 Å². The predicted molar refractivity (Wildman–Crippen MR) is 99.3 cm³/mol. The maximum atomic E-state index is 13.2. The van der Waals surface area contributed by atoms with Gasteiger partial charge in [0.05, 0.1) is 17.2 Å². The van der Waals surface area contributed by atoms with Crippen molar-refractivity contribution in [2.75, 3.05) is 10.2 Å². The molecule has 2 amide bonds. The molecule has 1 spiro atoms. The number of thioether (sulfide) groups is 1. The Morgan fingerprint density at radius 2 is 1.90 bits per heavy atom. The molecule has 2 heterocycles. The molecule has 2 aromatic carbocycles. The minimum absolute atomic E-state index is 0.128. The smallest absolute Gasteiger partial charge is 0.416 e. The van der Waals surface area contributed by atoms with Gasteiger partial charge in [0.15, 0.2) is 0 Å². The molecule has 0 bridgehead atoms. The van der Waals surface area contributed by atoms with Gasteiger partial charge in [-0.25, -0.2) is 0 Å². The van der Waals surface area contributed by atoms with Crippen molar-refractivity contribution >= 4 is 40.9 Å². The predicted octanol–water partition coefficient (Wildman–Crippen LogP) is 3.43. The van der Waals surface area contributed by atoms with Crippen LogP contribution in [0.5, 0.6) is 0 Å². The molecule has 1 saturated heterocycles. The fraction of sp³-hybridized carbons (Fsp3) is 0.211. The van der Waals surface area contributed by atoms with Crippen LogP contribution in [0, 0.1) is 0 Å². The number of hydrogen-bond donors (Lipinski definition) is 2. The lowest BCUT2D eigenvalue weighted by Gasteiger charge is -2.32. The van der Waals surface area contributed by atoms with E-state index < -0.39 is 46.1 Å². The summed E-state index contributed by atoms with van der Waals surface area (Å²) in [6.45, 7) is 0. The number of halogens is 3. The van der Waals surface area contributed by atoms with Crippen molar-refractivity contribution in [2.24, 2.45) is 0 Å². The van der Waals surface area contributed by atoms with E-state index in [1.54, 1.807) is 24.3 Å². The summed E-state index contributed by atoms with van der Waals surface area (Å²) < 4.78 is 39.7. The molecular formula is C19H13F3N2O4S. The first-order chi connectivity index (χ1) is 13.6. The quantitative estimate of drug-likeness (QED) is 0.792. The van der Waals surface area contributed by atoms with Crippen LogP contribution < -0.4 is 10.2 Å². The average Bonchev–Trinajstić information content (AvgIpc) is 3.09. The standard InChI is InChI=1S/C19H13F3N2O4S/c20-19(21,22)10-4-3-5-11(8-10)24-16(27)14(9-15(25)26)29-18(24)12-6-1-2-7-13(12)23-17(18)28/h1-8,14H,9H2,(H,23,28)(H,25,26). The number of fused-ring (bicyclic) bond motifs is 2. The number of hydrogen-bond acceptors (Lipinski definition) is 4. The number of para-hydroxylation sites is 1. The highest BCUT2D eigenvalue weighted by atomic mass is 32.2. The summed E-state index contributed by atoms with van der Waals surface area (Å²) in [5.74, 6) is -2.59. The van der Waals surface area contributed by atoms with E-state index in [2.05, 4.69) is 5.32 Å². The molecule has 2 N–H and O–H groups in total. The Balaban J connectivity index is 1.91. The van der Waals surface area contributed by atoms with Gasteiger partial charge in [-0.1, -0.05) is 24.3 Å². The van der Waals surface area contributed by atoms with Gasteiger partial charge in [0.1, 0.15) is 0 Å². The fourth-order valence-electron chi connectivity index (χ4n) is 3.58. The van der Waals surface area contributed by atoms with Crippen LogP contribution in [-0.2, 0) is 25.4 Å². The molecule has 2 aliphatic rings. The zero-order chi connectivity index (χ0) is 21.0. The van der Waals surface area contributed by atoms with Crippen LogP contribution in [0.4, 0.5) is 24.5 Å². The summed E-state index contributed by atoms with van der Waals surface area (Å²) >= 11 is 0.826. The summed E-state index contributed by atoms with van der Waals surface area (Å²) in [5, 5.41) is 10.7. The SMILES string of the molecule is O=C(O)CC1SC2(C(=O)Nc3ccccc32)N(c2cccc(C(F)(F)F)c2)C1=O. The normalized spacial score (nSPS) is 23.4. The Labute approximate surface area is 166 Å². The highest BCUT2D eigenvalue weighted by molar-refractivity contribution is 8.03. The summed E-state index contributed by atoms with van der Waals surface area (Å²) in [5.41, 5.74) is -0.284. The lowest BCUT2D eigenvalue weighted by Crippen LogP contribution is -2.47. The summed E-state index contributed by atoms with van der Waals surface area (Å²) in [4.78, 5) is 36.6. The molecule has 10 heteroatoms. The fourth-order valence-corrected chi connectivity index (χ4v) is 5.19. The number of amides is 2. The molecular weight excluding hydrogens is 409 g/mol. The number of anilines is 2. The molecule has 2 unspecified atom stereocenters. The molecule has 2 atom stereocenters. The van der Waals surface area contributed by atoms with Crippen LogP contribution in [0.1, 0.15) is 17.5 Å². The molecule has 1 fully saturated rings. The number of carboxylic acids is 1. The Bertz CT molecular complexity index is 1040. The van der Waals surface area contributed by atoms with Crippen LogP contribution in [0.3, 0.4) is 0 Å². The lowest BCUT2D eigenvalue weighted by atomic mass is 10.0. The molecule has 0 saturated carbocycles. The van der Waals surface area contributed by atoms with Gasteiger partial charge in [-0.2, -0.15) is 13.2 Å². The van der Waals surface area contributed by atoms with Crippen molar-refractivity contribution in [1.29, 1.82) is 0 Å². The van der Waals surface area contributed by atoms with Crippen molar-refractivity contribution in [3.63, 3.8) is 0 Å². The third-order valence-electron chi connectivity index (χ3n) is 4.76. The van der Waals surface area contributed by atoms with E-state index in [0.717, 1.165) is 34.9 Å².